The molecule has 0 aliphatic carbocycles. The first-order valence-corrected chi connectivity index (χ1v) is 6.82. The summed E-state index contributed by atoms with van der Waals surface area (Å²) in [5.74, 6) is 0.884. The van der Waals surface area contributed by atoms with Crippen LogP contribution in [0.25, 0.3) is 22.4 Å². The van der Waals surface area contributed by atoms with Crippen molar-refractivity contribution < 1.29 is 0 Å². The first-order valence-electron chi connectivity index (χ1n) is 6.82. The predicted molar refractivity (Wildman–Crippen MR) is 83.6 cm³/mol. The molecule has 0 aliphatic rings. The number of aromatic amines is 1. The highest BCUT2D eigenvalue weighted by Crippen LogP contribution is 2.24. The molecule has 3 nitrogen and oxygen atoms in total. The van der Waals surface area contributed by atoms with Crippen molar-refractivity contribution in [2.24, 2.45) is 0 Å². The van der Waals surface area contributed by atoms with E-state index in [1.807, 2.05) is 12.1 Å². The highest BCUT2D eigenvalue weighted by atomic mass is 15.2. The SMILES string of the molecule is CCNc1cc(-c2ccc(-c3ccccc3)cc2)[nH]n1. The molecule has 0 radical (unpaired) electrons. The van der Waals surface area contributed by atoms with Crippen LogP contribution >= 0.6 is 0 Å². The van der Waals surface area contributed by atoms with E-state index in [-0.39, 0.29) is 0 Å². The number of anilines is 1. The summed E-state index contributed by atoms with van der Waals surface area (Å²) < 4.78 is 0. The van der Waals surface area contributed by atoms with Gasteiger partial charge in [-0.25, -0.2) is 0 Å². The Balaban J connectivity index is 1.85. The summed E-state index contributed by atoms with van der Waals surface area (Å²) in [5, 5.41) is 10.5. The van der Waals surface area contributed by atoms with Crippen LogP contribution in [0.2, 0.25) is 0 Å². The van der Waals surface area contributed by atoms with Crippen molar-refractivity contribution in [2.75, 3.05) is 11.9 Å². The summed E-state index contributed by atoms with van der Waals surface area (Å²) in [4.78, 5) is 0. The van der Waals surface area contributed by atoms with Gasteiger partial charge < -0.3 is 5.32 Å². The van der Waals surface area contributed by atoms with Crippen LogP contribution in [0.4, 0.5) is 5.82 Å². The number of benzene rings is 2. The van der Waals surface area contributed by atoms with Gasteiger partial charge >= 0.3 is 0 Å². The number of hydrogen-bond acceptors (Lipinski definition) is 2. The lowest BCUT2D eigenvalue weighted by Gasteiger charge is -2.03. The van der Waals surface area contributed by atoms with E-state index in [1.165, 1.54) is 11.1 Å². The van der Waals surface area contributed by atoms with Crippen LogP contribution in [0.3, 0.4) is 0 Å². The second kappa shape index (κ2) is 5.61. The zero-order valence-corrected chi connectivity index (χ0v) is 11.4. The van der Waals surface area contributed by atoms with Gasteiger partial charge in [-0.15, -0.1) is 0 Å². The maximum absolute atomic E-state index is 4.23. The smallest absolute Gasteiger partial charge is 0.148 e. The predicted octanol–water partition coefficient (Wildman–Crippen LogP) is 4.18. The van der Waals surface area contributed by atoms with Gasteiger partial charge in [0.15, 0.2) is 0 Å². The molecule has 3 rings (SSSR count). The third-order valence-corrected chi connectivity index (χ3v) is 3.24. The summed E-state index contributed by atoms with van der Waals surface area (Å²) in [7, 11) is 0. The van der Waals surface area contributed by atoms with E-state index in [9.17, 15) is 0 Å². The molecule has 3 aromatic rings. The third-order valence-electron chi connectivity index (χ3n) is 3.24. The van der Waals surface area contributed by atoms with E-state index in [0.29, 0.717) is 0 Å². The maximum Gasteiger partial charge on any atom is 0.148 e. The second-order valence-electron chi connectivity index (χ2n) is 4.64. The molecule has 0 aliphatic heterocycles. The lowest BCUT2D eigenvalue weighted by atomic mass is 10.0. The second-order valence-corrected chi connectivity index (χ2v) is 4.64. The van der Waals surface area contributed by atoms with E-state index >= 15 is 0 Å². The first kappa shape index (κ1) is 12.5. The molecular weight excluding hydrogens is 246 g/mol. The molecule has 1 heterocycles. The zero-order chi connectivity index (χ0) is 13.8. The van der Waals surface area contributed by atoms with Gasteiger partial charge in [0.25, 0.3) is 0 Å². The Bertz CT molecular complexity index is 669. The lowest BCUT2D eigenvalue weighted by Crippen LogP contribution is -1.95. The van der Waals surface area contributed by atoms with Crippen LogP contribution in [0.1, 0.15) is 6.92 Å². The summed E-state index contributed by atoms with van der Waals surface area (Å²) in [6.07, 6.45) is 0. The fourth-order valence-electron chi connectivity index (χ4n) is 2.21. The van der Waals surface area contributed by atoms with Crippen LogP contribution < -0.4 is 5.32 Å². The Morgan fingerprint density at radius 2 is 1.55 bits per heavy atom. The molecular formula is C17H17N3. The molecule has 1 aromatic heterocycles. The number of aromatic nitrogens is 2. The van der Waals surface area contributed by atoms with E-state index < -0.39 is 0 Å². The molecule has 0 atom stereocenters. The molecule has 20 heavy (non-hydrogen) atoms. The van der Waals surface area contributed by atoms with Crippen LogP contribution in [-0.2, 0) is 0 Å². The maximum atomic E-state index is 4.23. The van der Waals surface area contributed by atoms with Crippen molar-refractivity contribution in [2.45, 2.75) is 6.92 Å². The van der Waals surface area contributed by atoms with Crippen LogP contribution in [0, 0.1) is 0 Å². The Labute approximate surface area is 118 Å². The molecule has 2 aromatic carbocycles. The summed E-state index contributed by atoms with van der Waals surface area (Å²) >= 11 is 0. The highest BCUT2D eigenvalue weighted by Gasteiger charge is 2.03. The highest BCUT2D eigenvalue weighted by molar-refractivity contribution is 5.69. The van der Waals surface area contributed by atoms with Crippen molar-refractivity contribution in [3.63, 3.8) is 0 Å². The van der Waals surface area contributed by atoms with E-state index in [0.717, 1.165) is 23.6 Å². The van der Waals surface area contributed by atoms with Gasteiger partial charge in [-0.2, -0.15) is 5.10 Å². The van der Waals surface area contributed by atoms with Gasteiger partial charge in [-0.05, 0) is 23.6 Å². The van der Waals surface area contributed by atoms with Crippen LogP contribution in [0.5, 0.6) is 0 Å². The van der Waals surface area contributed by atoms with Gasteiger partial charge in [0.2, 0.25) is 0 Å². The molecule has 0 unspecified atom stereocenters. The minimum Gasteiger partial charge on any atom is -0.369 e. The quantitative estimate of drug-likeness (QED) is 0.741. The molecule has 0 saturated heterocycles. The Hall–Kier alpha value is -2.55. The fourth-order valence-corrected chi connectivity index (χ4v) is 2.21. The molecule has 0 fully saturated rings. The van der Waals surface area contributed by atoms with E-state index in [1.54, 1.807) is 0 Å². The largest absolute Gasteiger partial charge is 0.369 e. The number of H-pyrrole nitrogens is 1. The van der Waals surface area contributed by atoms with Gasteiger partial charge in [0, 0.05) is 12.6 Å². The summed E-state index contributed by atoms with van der Waals surface area (Å²) in [6, 6.07) is 20.9. The molecule has 0 bridgehead atoms. The number of rotatable bonds is 4. The van der Waals surface area contributed by atoms with E-state index in [4.69, 9.17) is 0 Å². The van der Waals surface area contributed by atoms with E-state index in [2.05, 4.69) is 71.0 Å². The van der Waals surface area contributed by atoms with Crippen LogP contribution in [-0.4, -0.2) is 16.7 Å². The average molecular weight is 263 g/mol. The molecule has 3 heteroatoms. The van der Waals surface area contributed by atoms with Crippen molar-refractivity contribution in [3.8, 4) is 22.4 Å². The normalized spacial score (nSPS) is 10.4. The summed E-state index contributed by atoms with van der Waals surface area (Å²) in [5.41, 5.74) is 4.62. The Morgan fingerprint density at radius 1 is 0.900 bits per heavy atom. The van der Waals surface area contributed by atoms with Crippen molar-refractivity contribution in [1.82, 2.24) is 10.2 Å². The van der Waals surface area contributed by atoms with Crippen molar-refractivity contribution >= 4 is 5.82 Å². The van der Waals surface area contributed by atoms with Gasteiger partial charge in [-0.3, -0.25) is 5.10 Å². The molecule has 2 N–H and O–H groups in total. The number of nitrogens with one attached hydrogen (secondary N) is 2. The Morgan fingerprint density at radius 3 is 2.25 bits per heavy atom. The van der Waals surface area contributed by atoms with Gasteiger partial charge in [0.05, 0.1) is 5.69 Å². The number of hydrogen-bond donors (Lipinski definition) is 2. The van der Waals surface area contributed by atoms with Gasteiger partial charge in [-0.1, -0.05) is 54.6 Å². The van der Waals surface area contributed by atoms with Crippen molar-refractivity contribution in [3.05, 3.63) is 60.7 Å². The fraction of sp³-hybridized carbons (Fsp3) is 0.118. The molecule has 0 saturated carbocycles. The molecule has 100 valence electrons. The third kappa shape index (κ3) is 2.57. The van der Waals surface area contributed by atoms with Gasteiger partial charge in [0.1, 0.15) is 5.82 Å². The van der Waals surface area contributed by atoms with Crippen molar-refractivity contribution in [1.29, 1.82) is 0 Å². The first-order chi connectivity index (χ1) is 9.86. The monoisotopic (exact) mass is 263 g/mol. The van der Waals surface area contributed by atoms with Crippen LogP contribution in [0.15, 0.2) is 60.7 Å². The topological polar surface area (TPSA) is 40.7 Å². The minimum atomic E-state index is 0.872. The average Bonchev–Trinajstić information content (AvgIpc) is 2.97. The Kier molecular flexibility index (Phi) is 3.50. The lowest BCUT2D eigenvalue weighted by molar-refractivity contribution is 1.07. The zero-order valence-electron chi connectivity index (χ0n) is 11.4. The minimum absolute atomic E-state index is 0.872. The molecule has 0 spiro atoms. The standard InChI is InChI=1S/C17H17N3/c1-2-18-17-12-16(19-20-17)15-10-8-14(9-11-15)13-6-4-3-5-7-13/h3-12H,2H2,1H3,(H2,18,19,20). The molecule has 0 amide bonds. The summed E-state index contributed by atoms with van der Waals surface area (Å²) in [6.45, 7) is 2.93. The number of nitrogens with zero attached hydrogens (tertiary/aromatic N) is 1.